The molecule has 1 aromatic heterocycles. The standard InChI is InChI=1S/C13H13N/c1-11-5-6-12(10-11)7-8-13-4-2-3-9-14-13/h2-4,6,9,11H,5,10H2,1H3. The van der Waals surface area contributed by atoms with E-state index in [4.69, 9.17) is 0 Å². The summed E-state index contributed by atoms with van der Waals surface area (Å²) in [6, 6.07) is 5.80. The SMILES string of the molecule is CC1CC=C(C#Cc2ccccn2)C1. The Hall–Kier alpha value is -1.55. The Morgan fingerprint density at radius 1 is 1.36 bits per heavy atom. The van der Waals surface area contributed by atoms with E-state index in [2.05, 4.69) is 29.8 Å². The van der Waals surface area contributed by atoms with Crippen LogP contribution < -0.4 is 0 Å². The fourth-order valence-electron chi connectivity index (χ4n) is 1.57. The van der Waals surface area contributed by atoms with Crippen molar-refractivity contribution >= 4 is 0 Å². The molecule has 0 spiro atoms. The van der Waals surface area contributed by atoms with Crippen LogP contribution in [-0.4, -0.2) is 4.98 Å². The first-order chi connectivity index (χ1) is 6.84. The lowest BCUT2D eigenvalue weighted by Gasteiger charge is -1.95. The van der Waals surface area contributed by atoms with Gasteiger partial charge in [-0.2, -0.15) is 0 Å². The maximum Gasteiger partial charge on any atom is 0.113 e. The monoisotopic (exact) mass is 183 g/mol. The molecule has 0 amide bonds. The van der Waals surface area contributed by atoms with Gasteiger partial charge in [0.25, 0.3) is 0 Å². The van der Waals surface area contributed by atoms with Crippen LogP contribution in [-0.2, 0) is 0 Å². The number of hydrogen-bond donors (Lipinski definition) is 0. The number of hydrogen-bond acceptors (Lipinski definition) is 1. The molecule has 0 saturated carbocycles. The summed E-state index contributed by atoms with van der Waals surface area (Å²) in [7, 11) is 0. The van der Waals surface area contributed by atoms with Gasteiger partial charge in [-0.3, -0.25) is 0 Å². The zero-order chi connectivity index (χ0) is 9.80. The number of pyridine rings is 1. The summed E-state index contributed by atoms with van der Waals surface area (Å²) < 4.78 is 0. The molecule has 0 saturated heterocycles. The van der Waals surface area contributed by atoms with Crippen molar-refractivity contribution in [1.29, 1.82) is 0 Å². The maximum atomic E-state index is 4.16. The Labute approximate surface area is 84.9 Å². The van der Waals surface area contributed by atoms with E-state index in [1.807, 2.05) is 18.2 Å². The largest absolute Gasteiger partial charge is 0.248 e. The Kier molecular flexibility index (Phi) is 2.65. The van der Waals surface area contributed by atoms with E-state index >= 15 is 0 Å². The Morgan fingerprint density at radius 2 is 2.29 bits per heavy atom. The summed E-state index contributed by atoms with van der Waals surface area (Å²) in [6.07, 6.45) is 6.31. The molecule has 1 aliphatic rings. The molecule has 1 heteroatoms. The fourth-order valence-corrected chi connectivity index (χ4v) is 1.57. The van der Waals surface area contributed by atoms with Crippen molar-refractivity contribution in [3.8, 4) is 11.8 Å². The average molecular weight is 183 g/mol. The predicted molar refractivity (Wildman–Crippen MR) is 57.6 cm³/mol. The van der Waals surface area contributed by atoms with Gasteiger partial charge in [0.15, 0.2) is 0 Å². The highest BCUT2D eigenvalue weighted by Gasteiger charge is 2.09. The molecule has 0 N–H and O–H groups in total. The molecule has 0 bridgehead atoms. The average Bonchev–Trinajstić information content (AvgIpc) is 2.63. The molecule has 14 heavy (non-hydrogen) atoms. The molecular weight excluding hydrogens is 170 g/mol. The molecule has 0 fully saturated rings. The Bertz CT molecular complexity index is 392. The van der Waals surface area contributed by atoms with Crippen LogP contribution in [0.15, 0.2) is 36.0 Å². The first-order valence-corrected chi connectivity index (χ1v) is 4.96. The van der Waals surface area contributed by atoms with Gasteiger partial charge in [-0.1, -0.05) is 25.0 Å². The van der Waals surface area contributed by atoms with E-state index in [0.29, 0.717) is 0 Å². The van der Waals surface area contributed by atoms with Gasteiger partial charge < -0.3 is 0 Å². The number of nitrogens with zero attached hydrogens (tertiary/aromatic N) is 1. The van der Waals surface area contributed by atoms with E-state index in [1.165, 1.54) is 12.0 Å². The predicted octanol–water partition coefficient (Wildman–Crippen LogP) is 2.79. The highest BCUT2D eigenvalue weighted by atomic mass is 14.6. The smallest absolute Gasteiger partial charge is 0.113 e. The van der Waals surface area contributed by atoms with Gasteiger partial charge in [0.1, 0.15) is 5.69 Å². The molecule has 2 rings (SSSR count). The third kappa shape index (κ3) is 2.23. The first-order valence-electron chi connectivity index (χ1n) is 4.96. The summed E-state index contributed by atoms with van der Waals surface area (Å²) in [5.41, 5.74) is 2.12. The highest BCUT2D eigenvalue weighted by molar-refractivity contribution is 5.38. The Balaban J connectivity index is 2.08. The van der Waals surface area contributed by atoms with Crippen LogP contribution in [0, 0.1) is 17.8 Å². The van der Waals surface area contributed by atoms with E-state index < -0.39 is 0 Å². The topological polar surface area (TPSA) is 12.9 Å². The lowest BCUT2D eigenvalue weighted by atomic mass is 10.1. The summed E-state index contributed by atoms with van der Waals surface area (Å²) >= 11 is 0. The summed E-state index contributed by atoms with van der Waals surface area (Å²) in [5, 5.41) is 0. The van der Waals surface area contributed by atoms with Crippen molar-refractivity contribution in [2.45, 2.75) is 19.8 Å². The molecule has 70 valence electrons. The van der Waals surface area contributed by atoms with Crippen molar-refractivity contribution < 1.29 is 0 Å². The molecular formula is C13H13N. The van der Waals surface area contributed by atoms with Crippen LogP contribution in [0.3, 0.4) is 0 Å². The molecule has 1 nitrogen and oxygen atoms in total. The highest BCUT2D eigenvalue weighted by Crippen LogP contribution is 2.23. The second kappa shape index (κ2) is 4.11. The minimum Gasteiger partial charge on any atom is -0.248 e. The molecule has 1 aromatic rings. The van der Waals surface area contributed by atoms with Crippen molar-refractivity contribution in [3.05, 3.63) is 41.7 Å². The minimum absolute atomic E-state index is 0.767. The number of allylic oxidation sites excluding steroid dienone is 2. The summed E-state index contributed by atoms with van der Waals surface area (Å²) in [4.78, 5) is 4.16. The molecule has 1 unspecified atom stereocenters. The fraction of sp³-hybridized carbons (Fsp3) is 0.308. The van der Waals surface area contributed by atoms with E-state index in [9.17, 15) is 0 Å². The van der Waals surface area contributed by atoms with Crippen LogP contribution in [0.2, 0.25) is 0 Å². The molecule has 0 radical (unpaired) electrons. The van der Waals surface area contributed by atoms with Crippen molar-refractivity contribution in [2.75, 3.05) is 0 Å². The molecule has 0 aliphatic heterocycles. The lowest BCUT2D eigenvalue weighted by Crippen LogP contribution is -1.84. The van der Waals surface area contributed by atoms with E-state index in [-0.39, 0.29) is 0 Å². The minimum atomic E-state index is 0.767. The van der Waals surface area contributed by atoms with Crippen LogP contribution in [0.5, 0.6) is 0 Å². The van der Waals surface area contributed by atoms with Crippen LogP contribution in [0.25, 0.3) is 0 Å². The maximum absolute atomic E-state index is 4.16. The number of aromatic nitrogens is 1. The second-order valence-corrected chi connectivity index (χ2v) is 3.74. The van der Waals surface area contributed by atoms with Crippen molar-refractivity contribution in [3.63, 3.8) is 0 Å². The zero-order valence-electron chi connectivity index (χ0n) is 8.33. The first kappa shape index (κ1) is 9.02. The Morgan fingerprint density at radius 3 is 2.93 bits per heavy atom. The van der Waals surface area contributed by atoms with Gasteiger partial charge >= 0.3 is 0 Å². The summed E-state index contributed by atoms with van der Waals surface area (Å²) in [6.45, 7) is 2.26. The van der Waals surface area contributed by atoms with Gasteiger partial charge in [-0.15, -0.1) is 0 Å². The number of rotatable bonds is 0. The van der Waals surface area contributed by atoms with Crippen LogP contribution in [0.4, 0.5) is 0 Å². The molecule has 1 aliphatic carbocycles. The normalized spacial score (nSPS) is 19.8. The second-order valence-electron chi connectivity index (χ2n) is 3.74. The van der Waals surface area contributed by atoms with Crippen molar-refractivity contribution in [2.24, 2.45) is 5.92 Å². The van der Waals surface area contributed by atoms with E-state index in [1.54, 1.807) is 6.20 Å². The van der Waals surface area contributed by atoms with Gasteiger partial charge in [-0.05, 0) is 42.4 Å². The van der Waals surface area contributed by atoms with Gasteiger partial charge in [0.2, 0.25) is 0 Å². The lowest BCUT2D eigenvalue weighted by molar-refractivity contribution is 0.633. The van der Waals surface area contributed by atoms with Gasteiger partial charge in [-0.25, -0.2) is 4.98 Å². The molecule has 1 atom stereocenters. The third-order valence-corrected chi connectivity index (χ3v) is 2.35. The zero-order valence-corrected chi connectivity index (χ0v) is 8.33. The van der Waals surface area contributed by atoms with Gasteiger partial charge in [0, 0.05) is 6.20 Å². The van der Waals surface area contributed by atoms with E-state index in [0.717, 1.165) is 18.0 Å². The third-order valence-electron chi connectivity index (χ3n) is 2.35. The van der Waals surface area contributed by atoms with Crippen LogP contribution in [0.1, 0.15) is 25.5 Å². The molecule has 1 heterocycles. The molecule has 0 aromatic carbocycles. The van der Waals surface area contributed by atoms with Gasteiger partial charge in [0.05, 0.1) is 0 Å². The van der Waals surface area contributed by atoms with Crippen LogP contribution >= 0.6 is 0 Å². The quantitative estimate of drug-likeness (QED) is 0.563. The summed E-state index contributed by atoms with van der Waals surface area (Å²) in [5.74, 6) is 7.02. The van der Waals surface area contributed by atoms with Crippen molar-refractivity contribution in [1.82, 2.24) is 4.98 Å².